The normalized spacial score (nSPS) is 11.8. The summed E-state index contributed by atoms with van der Waals surface area (Å²) in [4.78, 5) is 13.9. The first-order valence-electron chi connectivity index (χ1n) is 5.61. The molecule has 0 spiro atoms. The summed E-state index contributed by atoms with van der Waals surface area (Å²) >= 11 is 0.965. The first-order chi connectivity index (χ1) is 8.27. The number of amides is 1. The molecular weight excluding hydrogens is 294 g/mol. The van der Waals surface area contributed by atoms with E-state index >= 15 is 0 Å². The highest BCUT2D eigenvalue weighted by molar-refractivity contribution is 8.15. The Hall–Kier alpha value is -0.590. The van der Waals surface area contributed by atoms with Crippen LogP contribution in [-0.4, -0.2) is 31.8 Å². The van der Waals surface area contributed by atoms with Crippen molar-refractivity contribution in [2.75, 3.05) is 6.54 Å². The van der Waals surface area contributed by atoms with Crippen molar-refractivity contribution in [3.8, 4) is 0 Å². The summed E-state index contributed by atoms with van der Waals surface area (Å²) in [5.41, 5.74) is 0.376. The van der Waals surface area contributed by atoms with Gasteiger partial charge in [-0.3, -0.25) is 4.79 Å². The molecule has 0 bridgehead atoms. The van der Waals surface area contributed by atoms with Crippen LogP contribution in [0.25, 0.3) is 0 Å². The van der Waals surface area contributed by atoms with Crippen molar-refractivity contribution < 1.29 is 13.2 Å². The third kappa shape index (κ3) is 3.70. The molecule has 0 atom stereocenters. The van der Waals surface area contributed by atoms with Gasteiger partial charge >= 0.3 is 0 Å². The number of carbonyl (C=O) groups excluding carboxylic acids is 1. The van der Waals surface area contributed by atoms with Crippen LogP contribution in [-0.2, 0) is 9.05 Å². The first-order valence-corrected chi connectivity index (χ1v) is 8.80. The predicted octanol–water partition coefficient (Wildman–Crippen LogP) is 2.94. The molecule has 0 aromatic carbocycles. The standard InChI is InChI=1S/C11H16ClNO3S2/c1-4-5-13(8(2)3)11(14)9-6-10(17-7-9)18(12,15)16/h6-8H,4-5H2,1-3H3. The van der Waals surface area contributed by atoms with Crippen molar-refractivity contribution >= 4 is 37.0 Å². The molecule has 0 aliphatic rings. The smallest absolute Gasteiger partial charge is 0.270 e. The molecule has 0 saturated heterocycles. The summed E-state index contributed by atoms with van der Waals surface area (Å²) < 4.78 is 22.3. The molecular formula is C11H16ClNO3S2. The van der Waals surface area contributed by atoms with Gasteiger partial charge in [0.1, 0.15) is 4.21 Å². The highest BCUT2D eigenvalue weighted by Crippen LogP contribution is 2.25. The molecule has 0 saturated carbocycles. The van der Waals surface area contributed by atoms with Crippen LogP contribution in [0, 0.1) is 0 Å². The minimum atomic E-state index is -3.75. The van der Waals surface area contributed by atoms with Crippen LogP contribution in [0.1, 0.15) is 37.6 Å². The minimum absolute atomic E-state index is 0.00715. The van der Waals surface area contributed by atoms with Crippen LogP contribution < -0.4 is 0 Å². The average Bonchev–Trinajstić information content (AvgIpc) is 2.73. The van der Waals surface area contributed by atoms with Gasteiger partial charge in [-0.05, 0) is 26.3 Å². The lowest BCUT2D eigenvalue weighted by Crippen LogP contribution is -2.37. The van der Waals surface area contributed by atoms with E-state index in [0.29, 0.717) is 12.1 Å². The van der Waals surface area contributed by atoms with Crippen molar-refractivity contribution in [3.63, 3.8) is 0 Å². The van der Waals surface area contributed by atoms with Gasteiger partial charge in [0.2, 0.25) is 0 Å². The van der Waals surface area contributed by atoms with E-state index in [1.165, 1.54) is 11.4 Å². The monoisotopic (exact) mass is 309 g/mol. The van der Waals surface area contributed by atoms with E-state index < -0.39 is 9.05 Å². The van der Waals surface area contributed by atoms with E-state index in [-0.39, 0.29) is 16.2 Å². The molecule has 0 aliphatic heterocycles. The quantitative estimate of drug-likeness (QED) is 0.786. The largest absolute Gasteiger partial charge is 0.336 e. The summed E-state index contributed by atoms with van der Waals surface area (Å²) in [6.07, 6.45) is 0.856. The molecule has 102 valence electrons. The van der Waals surface area contributed by atoms with Crippen LogP contribution in [0.3, 0.4) is 0 Å². The van der Waals surface area contributed by atoms with Crippen molar-refractivity contribution in [2.45, 2.75) is 37.4 Å². The first kappa shape index (κ1) is 15.5. The second-order valence-corrected chi connectivity index (χ2v) is 7.89. The van der Waals surface area contributed by atoms with E-state index in [4.69, 9.17) is 10.7 Å². The van der Waals surface area contributed by atoms with E-state index in [1.807, 2.05) is 20.8 Å². The highest BCUT2D eigenvalue weighted by atomic mass is 35.7. The van der Waals surface area contributed by atoms with Gasteiger partial charge < -0.3 is 4.90 Å². The van der Waals surface area contributed by atoms with Crippen molar-refractivity contribution in [1.82, 2.24) is 4.90 Å². The second-order valence-electron chi connectivity index (χ2n) is 4.18. The average molecular weight is 310 g/mol. The number of halogens is 1. The fourth-order valence-corrected chi connectivity index (χ4v) is 3.50. The van der Waals surface area contributed by atoms with Gasteiger partial charge in [0, 0.05) is 28.6 Å². The zero-order valence-electron chi connectivity index (χ0n) is 10.5. The molecule has 0 aliphatic carbocycles. The summed E-state index contributed by atoms with van der Waals surface area (Å²) in [7, 11) is 1.48. The summed E-state index contributed by atoms with van der Waals surface area (Å²) in [6, 6.07) is 1.41. The van der Waals surface area contributed by atoms with Gasteiger partial charge in [0.15, 0.2) is 0 Å². The molecule has 0 radical (unpaired) electrons. The third-order valence-electron chi connectivity index (χ3n) is 2.41. The lowest BCUT2D eigenvalue weighted by Gasteiger charge is -2.25. The molecule has 0 unspecified atom stereocenters. The maximum atomic E-state index is 12.2. The number of thiophene rings is 1. The summed E-state index contributed by atoms with van der Waals surface area (Å²) in [5.74, 6) is -0.158. The molecule has 18 heavy (non-hydrogen) atoms. The Kier molecular flexibility index (Phi) is 5.19. The predicted molar refractivity (Wildman–Crippen MR) is 73.8 cm³/mol. The minimum Gasteiger partial charge on any atom is -0.336 e. The Balaban J connectivity index is 2.99. The van der Waals surface area contributed by atoms with Crippen molar-refractivity contribution in [2.24, 2.45) is 0 Å². The number of rotatable bonds is 5. The van der Waals surface area contributed by atoms with Gasteiger partial charge in [-0.2, -0.15) is 0 Å². The van der Waals surface area contributed by atoms with Crippen LogP contribution in [0.15, 0.2) is 15.7 Å². The molecule has 1 aromatic heterocycles. The molecule has 1 rings (SSSR count). The third-order valence-corrected chi connectivity index (χ3v) is 5.45. The Bertz CT molecular complexity index is 522. The highest BCUT2D eigenvalue weighted by Gasteiger charge is 2.21. The molecule has 1 heterocycles. The second kappa shape index (κ2) is 6.04. The zero-order chi connectivity index (χ0) is 13.9. The van der Waals surface area contributed by atoms with E-state index in [1.54, 1.807) is 4.90 Å². The van der Waals surface area contributed by atoms with Crippen molar-refractivity contribution in [3.05, 3.63) is 17.0 Å². The maximum Gasteiger partial charge on any atom is 0.270 e. The van der Waals surface area contributed by atoms with Gasteiger partial charge in [-0.1, -0.05) is 6.92 Å². The summed E-state index contributed by atoms with van der Waals surface area (Å²) in [5, 5.41) is 1.53. The number of hydrogen-bond donors (Lipinski definition) is 0. The Labute approximate surface area is 116 Å². The number of hydrogen-bond acceptors (Lipinski definition) is 4. The molecule has 7 heteroatoms. The lowest BCUT2D eigenvalue weighted by atomic mass is 10.2. The van der Waals surface area contributed by atoms with Gasteiger partial charge in [0.25, 0.3) is 15.0 Å². The SMILES string of the molecule is CCCN(C(=O)c1csc(S(=O)(=O)Cl)c1)C(C)C. The molecule has 0 fully saturated rings. The van der Waals surface area contributed by atoms with E-state index in [2.05, 4.69) is 0 Å². The topological polar surface area (TPSA) is 54.5 Å². The van der Waals surface area contributed by atoms with Gasteiger partial charge in [-0.15, -0.1) is 11.3 Å². The Morgan fingerprint density at radius 1 is 1.50 bits per heavy atom. The Morgan fingerprint density at radius 3 is 2.50 bits per heavy atom. The molecule has 0 N–H and O–H groups in total. The Morgan fingerprint density at radius 2 is 2.11 bits per heavy atom. The van der Waals surface area contributed by atoms with Crippen LogP contribution >= 0.6 is 22.0 Å². The maximum absolute atomic E-state index is 12.2. The molecule has 1 amide bonds. The number of nitrogens with zero attached hydrogens (tertiary/aromatic N) is 1. The molecule has 4 nitrogen and oxygen atoms in total. The number of carbonyl (C=O) groups is 1. The van der Waals surface area contributed by atoms with Crippen LogP contribution in [0.4, 0.5) is 0 Å². The molecule has 1 aromatic rings. The lowest BCUT2D eigenvalue weighted by molar-refractivity contribution is 0.0706. The van der Waals surface area contributed by atoms with E-state index in [0.717, 1.165) is 17.8 Å². The fourth-order valence-electron chi connectivity index (χ4n) is 1.56. The van der Waals surface area contributed by atoms with Gasteiger partial charge in [-0.25, -0.2) is 8.42 Å². The van der Waals surface area contributed by atoms with E-state index in [9.17, 15) is 13.2 Å². The van der Waals surface area contributed by atoms with Crippen LogP contribution in [0.5, 0.6) is 0 Å². The van der Waals surface area contributed by atoms with Gasteiger partial charge in [0.05, 0.1) is 5.56 Å². The fraction of sp³-hybridized carbons (Fsp3) is 0.545. The van der Waals surface area contributed by atoms with Crippen LogP contribution in [0.2, 0.25) is 0 Å². The summed E-state index contributed by atoms with van der Waals surface area (Å²) in [6.45, 7) is 6.50. The van der Waals surface area contributed by atoms with Crippen molar-refractivity contribution in [1.29, 1.82) is 0 Å². The zero-order valence-corrected chi connectivity index (χ0v) is 12.9.